The second-order valence-corrected chi connectivity index (χ2v) is 5.83. The number of rotatable bonds is 8. The fourth-order valence-electron chi connectivity index (χ4n) is 2.60. The van der Waals surface area contributed by atoms with E-state index in [9.17, 15) is 4.79 Å². The van der Waals surface area contributed by atoms with Crippen LogP contribution in [0, 0.1) is 0 Å². The van der Waals surface area contributed by atoms with E-state index in [1.165, 1.54) is 7.11 Å². The molecule has 2 unspecified atom stereocenters. The standard InChI is InChI=1S/C19H22N4O2/c1-14(12-15-8-10-17(11-9-15)19(24)25-2)21-13-18(22-23-20)16-6-4-3-5-7-16/h3-11,14,18,21H,12-13H2,1-2H3. The third kappa shape index (κ3) is 5.64. The minimum Gasteiger partial charge on any atom is -0.465 e. The molecular weight excluding hydrogens is 316 g/mol. The molecule has 0 amide bonds. The van der Waals surface area contributed by atoms with E-state index in [0.29, 0.717) is 12.1 Å². The Kier molecular flexibility index (Phi) is 7.01. The van der Waals surface area contributed by atoms with Crippen molar-refractivity contribution in [1.29, 1.82) is 0 Å². The highest BCUT2D eigenvalue weighted by Gasteiger charge is 2.12. The van der Waals surface area contributed by atoms with Gasteiger partial charge in [0.1, 0.15) is 0 Å². The average molecular weight is 338 g/mol. The van der Waals surface area contributed by atoms with Gasteiger partial charge in [0.15, 0.2) is 0 Å². The maximum Gasteiger partial charge on any atom is 0.337 e. The van der Waals surface area contributed by atoms with Crippen molar-refractivity contribution in [3.63, 3.8) is 0 Å². The lowest BCUT2D eigenvalue weighted by molar-refractivity contribution is 0.0600. The Morgan fingerprint density at radius 1 is 1.20 bits per heavy atom. The third-order valence-corrected chi connectivity index (χ3v) is 3.95. The normalized spacial score (nSPS) is 12.7. The van der Waals surface area contributed by atoms with Crippen LogP contribution in [-0.2, 0) is 11.2 Å². The van der Waals surface area contributed by atoms with Crippen LogP contribution < -0.4 is 5.32 Å². The summed E-state index contributed by atoms with van der Waals surface area (Å²) in [5, 5.41) is 7.29. The Balaban J connectivity index is 1.91. The van der Waals surface area contributed by atoms with Crippen molar-refractivity contribution in [2.75, 3.05) is 13.7 Å². The van der Waals surface area contributed by atoms with Crippen molar-refractivity contribution in [1.82, 2.24) is 5.32 Å². The molecule has 0 aliphatic rings. The van der Waals surface area contributed by atoms with E-state index in [2.05, 4.69) is 22.3 Å². The quantitative estimate of drug-likeness (QED) is 0.341. The summed E-state index contributed by atoms with van der Waals surface area (Å²) in [6.07, 6.45) is 0.805. The van der Waals surface area contributed by atoms with Crippen LogP contribution in [-0.4, -0.2) is 25.7 Å². The first-order valence-electron chi connectivity index (χ1n) is 8.14. The number of ether oxygens (including phenoxy) is 1. The highest BCUT2D eigenvalue weighted by atomic mass is 16.5. The Hall–Kier alpha value is -2.82. The van der Waals surface area contributed by atoms with E-state index in [0.717, 1.165) is 17.5 Å². The molecular formula is C19H22N4O2. The Bertz CT molecular complexity index is 725. The zero-order valence-electron chi connectivity index (χ0n) is 14.4. The van der Waals surface area contributed by atoms with Gasteiger partial charge in [0.05, 0.1) is 18.7 Å². The van der Waals surface area contributed by atoms with E-state index in [-0.39, 0.29) is 18.1 Å². The predicted octanol–water partition coefficient (Wildman–Crippen LogP) is 4.05. The summed E-state index contributed by atoms with van der Waals surface area (Å²) >= 11 is 0. The molecule has 2 aromatic rings. The van der Waals surface area contributed by atoms with Crippen LogP contribution >= 0.6 is 0 Å². The van der Waals surface area contributed by atoms with Crippen molar-refractivity contribution in [2.45, 2.75) is 25.4 Å². The van der Waals surface area contributed by atoms with Crippen LogP contribution in [0.25, 0.3) is 10.4 Å². The van der Waals surface area contributed by atoms with Gasteiger partial charge >= 0.3 is 5.97 Å². The molecule has 0 aromatic heterocycles. The maximum absolute atomic E-state index is 11.4. The number of hydrogen-bond donors (Lipinski definition) is 1. The van der Waals surface area contributed by atoms with E-state index >= 15 is 0 Å². The zero-order valence-corrected chi connectivity index (χ0v) is 14.4. The lowest BCUT2D eigenvalue weighted by Gasteiger charge is -2.18. The fourth-order valence-corrected chi connectivity index (χ4v) is 2.60. The number of methoxy groups -OCH3 is 1. The molecule has 2 aromatic carbocycles. The summed E-state index contributed by atoms with van der Waals surface area (Å²) in [7, 11) is 1.37. The minimum atomic E-state index is -0.335. The molecule has 2 rings (SSSR count). The van der Waals surface area contributed by atoms with Gasteiger partial charge in [-0.2, -0.15) is 0 Å². The Labute approximate surface area is 147 Å². The number of azide groups is 1. The van der Waals surface area contributed by atoms with Gasteiger partial charge in [0.25, 0.3) is 0 Å². The number of carbonyl (C=O) groups is 1. The van der Waals surface area contributed by atoms with Crippen molar-refractivity contribution in [3.05, 3.63) is 81.7 Å². The Morgan fingerprint density at radius 2 is 1.88 bits per heavy atom. The van der Waals surface area contributed by atoms with E-state index < -0.39 is 0 Å². The van der Waals surface area contributed by atoms with E-state index in [1.54, 1.807) is 12.1 Å². The molecule has 25 heavy (non-hydrogen) atoms. The van der Waals surface area contributed by atoms with E-state index in [1.807, 2.05) is 42.5 Å². The molecule has 0 spiro atoms. The molecule has 0 saturated heterocycles. The van der Waals surface area contributed by atoms with Crippen molar-refractivity contribution in [3.8, 4) is 0 Å². The van der Waals surface area contributed by atoms with Crippen molar-refractivity contribution >= 4 is 5.97 Å². The van der Waals surface area contributed by atoms with Gasteiger partial charge in [0, 0.05) is 17.5 Å². The van der Waals surface area contributed by atoms with Crippen LogP contribution in [0.4, 0.5) is 0 Å². The minimum absolute atomic E-state index is 0.198. The molecule has 0 radical (unpaired) electrons. The molecule has 1 N–H and O–H groups in total. The number of carbonyl (C=O) groups excluding carboxylic acids is 1. The molecule has 6 nitrogen and oxygen atoms in total. The van der Waals surface area contributed by atoms with Crippen LogP contribution in [0.15, 0.2) is 59.7 Å². The first-order valence-corrected chi connectivity index (χ1v) is 8.14. The molecule has 6 heteroatoms. The largest absolute Gasteiger partial charge is 0.465 e. The SMILES string of the molecule is COC(=O)c1ccc(CC(C)NCC(N=[N+]=[N-])c2ccccc2)cc1. The summed E-state index contributed by atoms with van der Waals surface area (Å²) in [5.41, 5.74) is 11.4. The zero-order chi connectivity index (χ0) is 18.1. The Morgan fingerprint density at radius 3 is 2.48 bits per heavy atom. The molecule has 0 saturated carbocycles. The third-order valence-electron chi connectivity index (χ3n) is 3.95. The summed E-state index contributed by atoms with van der Waals surface area (Å²) < 4.78 is 4.70. The molecule has 0 aliphatic carbocycles. The lowest BCUT2D eigenvalue weighted by Crippen LogP contribution is -2.31. The van der Waals surface area contributed by atoms with Crippen molar-refractivity contribution in [2.24, 2.45) is 5.11 Å². The molecule has 0 aliphatic heterocycles. The smallest absolute Gasteiger partial charge is 0.337 e. The molecule has 0 heterocycles. The number of benzene rings is 2. The number of hydrogen-bond acceptors (Lipinski definition) is 4. The van der Waals surface area contributed by atoms with Crippen molar-refractivity contribution < 1.29 is 9.53 Å². The fraction of sp³-hybridized carbons (Fsp3) is 0.316. The van der Waals surface area contributed by atoms with Gasteiger partial charge in [0.2, 0.25) is 0 Å². The predicted molar refractivity (Wildman–Crippen MR) is 97.3 cm³/mol. The van der Waals surface area contributed by atoms with Crippen LogP contribution in [0.3, 0.4) is 0 Å². The first-order chi connectivity index (χ1) is 12.1. The topological polar surface area (TPSA) is 87.1 Å². The van der Waals surface area contributed by atoms with Crippen LogP contribution in [0.1, 0.15) is 34.5 Å². The summed E-state index contributed by atoms with van der Waals surface area (Å²) in [4.78, 5) is 14.4. The molecule has 130 valence electrons. The molecule has 2 atom stereocenters. The van der Waals surface area contributed by atoms with Gasteiger partial charge in [-0.25, -0.2) is 4.79 Å². The molecule has 0 fully saturated rings. The van der Waals surface area contributed by atoms with Gasteiger partial charge in [-0.1, -0.05) is 47.6 Å². The van der Waals surface area contributed by atoms with Crippen LogP contribution in [0.5, 0.6) is 0 Å². The van der Waals surface area contributed by atoms with Gasteiger partial charge in [-0.15, -0.1) is 0 Å². The van der Waals surface area contributed by atoms with E-state index in [4.69, 9.17) is 10.3 Å². The van der Waals surface area contributed by atoms with Gasteiger partial charge < -0.3 is 10.1 Å². The summed E-state index contributed by atoms with van der Waals surface area (Å²) in [6.45, 7) is 2.64. The molecule has 0 bridgehead atoms. The maximum atomic E-state index is 11.4. The number of nitrogens with one attached hydrogen (secondary N) is 1. The lowest BCUT2D eigenvalue weighted by atomic mass is 10.0. The first kappa shape index (κ1) is 18.5. The second kappa shape index (κ2) is 9.47. The summed E-state index contributed by atoms with van der Waals surface area (Å²) in [6, 6.07) is 17.0. The number of esters is 1. The summed E-state index contributed by atoms with van der Waals surface area (Å²) in [5.74, 6) is -0.335. The monoisotopic (exact) mass is 338 g/mol. The van der Waals surface area contributed by atoms with Crippen LogP contribution in [0.2, 0.25) is 0 Å². The van der Waals surface area contributed by atoms with Gasteiger partial charge in [-0.3, -0.25) is 0 Å². The highest BCUT2D eigenvalue weighted by Crippen LogP contribution is 2.17. The highest BCUT2D eigenvalue weighted by molar-refractivity contribution is 5.89. The average Bonchev–Trinajstić information content (AvgIpc) is 2.65. The number of nitrogens with zero attached hydrogens (tertiary/aromatic N) is 3. The second-order valence-electron chi connectivity index (χ2n) is 5.83. The van der Waals surface area contributed by atoms with Gasteiger partial charge in [-0.05, 0) is 42.1 Å².